The van der Waals surface area contributed by atoms with E-state index in [4.69, 9.17) is 5.73 Å². The molecule has 0 aliphatic heterocycles. The Labute approximate surface area is 121 Å². The monoisotopic (exact) mass is 274 g/mol. The number of nitrogens with one attached hydrogen (secondary N) is 1. The van der Waals surface area contributed by atoms with Crippen LogP contribution < -0.4 is 11.1 Å². The molecule has 3 N–H and O–H groups in total. The number of aryl methyl sites for hydroxylation is 2. The van der Waals surface area contributed by atoms with E-state index in [1.807, 2.05) is 6.92 Å². The van der Waals surface area contributed by atoms with E-state index in [-0.39, 0.29) is 11.9 Å². The van der Waals surface area contributed by atoms with Gasteiger partial charge in [-0.1, -0.05) is 48.6 Å². The van der Waals surface area contributed by atoms with Gasteiger partial charge in [0.15, 0.2) is 0 Å². The van der Waals surface area contributed by atoms with Crippen molar-refractivity contribution in [1.82, 2.24) is 5.32 Å². The maximum absolute atomic E-state index is 12.4. The molecule has 1 amide bonds. The second kappa shape index (κ2) is 5.96. The molecule has 1 fully saturated rings. The molecule has 1 aliphatic rings. The smallest absolute Gasteiger partial charge is 0.240 e. The molecule has 0 aromatic heterocycles. The van der Waals surface area contributed by atoms with Gasteiger partial charge in [-0.2, -0.15) is 0 Å². The van der Waals surface area contributed by atoms with Gasteiger partial charge in [0.2, 0.25) is 5.91 Å². The molecule has 0 heterocycles. The molecule has 0 saturated heterocycles. The quantitative estimate of drug-likeness (QED) is 0.889. The van der Waals surface area contributed by atoms with Crippen LogP contribution in [-0.4, -0.2) is 11.4 Å². The lowest BCUT2D eigenvalue weighted by Gasteiger charge is -2.33. The van der Waals surface area contributed by atoms with Crippen LogP contribution in [0.3, 0.4) is 0 Å². The first kappa shape index (κ1) is 15.0. The normalized spacial score (nSPS) is 19.4. The minimum absolute atomic E-state index is 0.00320. The fourth-order valence-corrected chi connectivity index (χ4v) is 3.09. The number of carbonyl (C=O) groups is 1. The fraction of sp³-hybridized carbons (Fsp3) is 0.588. The Morgan fingerprint density at radius 2 is 1.70 bits per heavy atom. The number of hydrogen-bond donors (Lipinski definition) is 2. The summed E-state index contributed by atoms with van der Waals surface area (Å²) in [5.41, 5.74) is 9.21. The summed E-state index contributed by atoms with van der Waals surface area (Å²) in [6.07, 6.45) is 4.92. The predicted molar refractivity (Wildman–Crippen MR) is 82.5 cm³/mol. The van der Waals surface area contributed by atoms with Crippen LogP contribution >= 0.6 is 0 Å². The third-order valence-corrected chi connectivity index (χ3v) is 4.29. The molecule has 0 spiro atoms. The second-order valence-corrected chi connectivity index (χ2v) is 6.33. The summed E-state index contributed by atoms with van der Waals surface area (Å²) in [7, 11) is 0. The van der Waals surface area contributed by atoms with Crippen molar-refractivity contribution in [3.63, 3.8) is 0 Å². The maximum Gasteiger partial charge on any atom is 0.240 e. The van der Waals surface area contributed by atoms with Crippen molar-refractivity contribution in [1.29, 1.82) is 0 Å². The van der Waals surface area contributed by atoms with Crippen molar-refractivity contribution >= 4 is 5.91 Å². The van der Waals surface area contributed by atoms with Gasteiger partial charge in [-0.15, -0.1) is 0 Å². The SMILES string of the molecule is Cc1cc(C)cc(C(C)NC(=O)C2(N)CCCCC2)c1. The second-order valence-electron chi connectivity index (χ2n) is 6.33. The highest BCUT2D eigenvalue weighted by Gasteiger charge is 2.35. The summed E-state index contributed by atoms with van der Waals surface area (Å²) in [6, 6.07) is 6.40. The molecule has 3 nitrogen and oxygen atoms in total. The van der Waals surface area contributed by atoms with Gasteiger partial charge in [0.1, 0.15) is 0 Å². The number of rotatable bonds is 3. The Morgan fingerprint density at radius 1 is 1.15 bits per heavy atom. The van der Waals surface area contributed by atoms with Gasteiger partial charge < -0.3 is 11.1 Å². The van der Waals surface area contributed by atoms with E-state index in [1.54, 1.807) is 0 Å². The third kappa shape index (κ3) is 3.40. The highest BCUT2D eigenvalue weighted by Crippen LogP contribution is 2.27. The van der Waals surface area contributed by atoms with Crippen molar-refractivity contribution in [2.24, 2.45) is 5.73 Å². The third-order valence-electron chi connectivity index (χ3n) is 4.29. The van der Waals surface area contributed by atoms with Gasteiger partial charge >= 0.3 is 0 Å². The Balaban J connectivity index is 2.06. The summed E-state index contributed by atoms with van der Waals surface area (Å²) in [5.74, 6) is 0.00357. The van der Waals surface area contributed by atoms with Gasteiger partial charge in [-0.3, -0.25) is 4.79 Å². The number of hydrogen-bond acceptors (Lipinski definition) is 2. The Bertz CT molecular complexity index is 470. The van der Waals surface area contributed by atoms with Gasteiger partial charge in [0.05, 0.1) is 11.6 Å². The lowest BCUT2D eigenvalue weighted by atomic mass is 9.81. The standard InChI is InChI=1S/C17H26N2O/c1-12-9-13(2)11-15(10-12)14(3)19-16(20)17(18)7-5-4-6-8-17/h9-11,14H,4-8,18H2,1-3H3,(H,19,20). The van der Waals surface area contributed by atoms with Crippen LogP contribution in [0.1, 0.15) is 61.8 Å². The number of nitrogens with two attached hydrogens (primary N) is 1. The van der Waals surface area contributed by atoms with Crippen LogP contribution in [0, 0.1) is 13.8 Å². The first-order chi connectivity index (χ1) is 9.40. The van der Waals surface area contributed by atoms with Crippen molar-refractivity contribution in [3.8, 4) is 0 Å². The minimum Gasteiger partial charge on any atom is -0.348 e. The van der Waals surface area contributed by atoms with Gasteiger partial charge in [-0.25, -0.2) is 0 Å². The largest absolute Gasteiger partial charge is 0.348 e. The summed E-state index contributed by atoms with van der Waals surface area (Å²) < 4.78 is 0. The van der Waals surface area contributed by atoms with Crippen LogP contribution in [0.15, 0.2) is 18.2 Å². The molecule has 2 rings (SSSR count). The van der Waals surface area contributed by atoms with Crippen LogP contribution in [-0.2, 0) is 4.79 Å². The van der Waals surface area contributed by atoms with Crippen molar-refractivity contribution in [3.05, 3.63) is 34.9 Å². The number of carbonyl (C=O) groups excluding carboxylic acids is 1. The average Bonchev–Trinajstić information content (AvgIpc) is 2.38. The minimum atomic E-state index is -0.661. The molecule has 3 heteroatoms. The van der Waals surface area contributed by atoms with Crippen molar-refractivity contribution in [2.75, 3.05) is 0 Å². The molecule has 1 aromatic rings. The number of benzene rings is 1. The lowest BCUT2D eigenvalue weighted by Crippen LogP contribution is -2.55. The van der Waals surface area contributed by atoms with E-state index in [9.17, 15) is 4.79 Å². The summed E-state index contributed by atoms with van der Waals surface area (Å²) in [5, 5.41) is 3.10. The zero-order valence-electron chi connectivity index (χ0n) is 12.8. The van der Waals surface area contributed by atoms with E-state index in [0.717, 1.165) is 31.2 Å². The summed E-state index contributed by atoms with van der Waals surface area (Å²) in [6.45, 7) is 6.19. The van der Waals surface area contributed by atoms with Crippen LogP contribution in [0.5, 0.6) is 0 Å². The van der Waals surface area contributed by atoms with Crippen LogP contribution in [0.4, 0.5) is 0 Å². The predicted octanol–water partition coefficient (Wildman–Crippen LogP) is 3.14. The van der Waals surface area contributed by atoms with E-state index < -0.39 is 5.54 Å². The molecule has 20 heavy (non-hydrogen) atoms. The Kier molecular flexibility index (Phi) is 4.48. The van der Waals surface area contributed by atoms with Crippen LogP contribution in [0.25, 0.3) is 0 Å². The molecule has 1 saturated carbocycles. The van der Waals surface area contributed by atoms with Crippen molar-refractivity contribution < 1.29 is 4.79 Å². The topological polar surface area (TPSA) is 55.1 Å². The van der Waals surface area contributed by atoms with E-state index in [0.29, 0.717) is 0 Å². The van der Waals surface area contributed by atoms with Gasteiger partial charge in [0, 0.05) is 0 Å². The van der Waals surface area contributed by atoms with E-state index in [1.165, 1.54) is 17.5 Å². The van der Waals surface area contributed by atoms with Gasteiger partial charge in [-0.05, 0) is 39.2 Å². The first-order valence-corrected chi connectivity index (χ1v) is 7.59. The van der Waals surface area contributed by atoms with Crippen molar-refractivity contribution in [2.45, 2.75) is 64.5 Å². The van der Waals surface area contributed by atoms with Crippen LogP contribution in [0.2, 0.25) is 0 Å². The fourth-order valence-electron chi connectivity index (χ4n) is 3.09. The highest BCUT2D eigenvalue weighted by molar-refractivity contribution is 5.86. The molecule has 0 bridgehead atoms. The Morgan fingerprint density at radius 3 is 2.25 bits per heavy atom. The average molecular weight is 274 g/mol. The zero-order chi connectivity index (χ0) is 14.8. The zero-order valence-corrected chi connectivity index (χ0v) is 12.8. The first-order valence-electron chi connectivity index (χ1n) is 7.59. The molecule has 1 aromatic carbocycles. The highest BCUT2D eigenvalue weighted by atomic mass is 16.2. The molecule has 1 unspecified atom stereocenters. The maximum atomic E-state index is 12.4. The Hall–Kier alpha value is -1.35. The molecule has 110 valence electrons. The van der Waals surface area contributed by atoms with E-state index in [2.05, 4.69) is 37.4 Å². The number of amides is 1. The lowest BCUT2D eigenvalue weighted by molar-refractivity contribution is -0.128. The summed E-state index contributed by atoms with van der Waals surface area (Å²) in [4.78, 5) is 12.4. The molecule has 1 aliphatic carbocycles. The molecular formula is C17H26N2O. The molecule has 1 atom stereocenters. The molecule has 0 radical (unpaired) electrons. The van der Waals surface area contributed by atoms with E-state index >= 15 is 0 Å². The summed E-state index contributed by atoms with van der Waals surface area (Å²) >= 11 is 0. The molecular weight excluding hydrogens is 248 g/mol. The van der Waals surface area contributed by atoms with Gasteiger partial charge in [0.25, 0.3) is 0 Å².